The molecule has 1 heterocycles. The predicted molar refractivity (Wildman–Crippen MR) is 81.6 cm³/mol. The first-order valence-electron chi connectivity index (χ1n) is 7.15. The highest BCUT2D eigenvalue weighted by atomic mass is 79.9. The number of anilines is 1. The molecule has 102 valence electrons. The van der Waals surface area contributed by atoms with Crippen LogP contribution >= 0.6 is 15.9 Å². The van der Waals surface area contributed by atoms with Crippen LogP contribution in [0.4, 0.5) is 5.69 Å². The summed E-state index contributed by atoms with van der Waals surface area (Å²) in [5, 5.41) is 2.95. The number of halogens is 1. The summed E-state index contributed by atoms with van der Waals surface area (Å²) < 4.78 is 0. The monoisotopic (exact) mass is 321 g/mol. The minimum Gasteiger partial charge on any atom is -0.326 e. The Hall–Kier alpha value is -0.830. The molecular weight excluding hydrogens is 302 g/mol. The number of carbonyl (C=O) groups excluding carboxylic acids is 1. The molecule has 0 spiro atoms. The smallest absolute Gasteiger partial charge is 0.224 e. The van der Waals surface area contributed by atoms with Crippen LogP contribution in [0.15, 0.2) is 18.2 Å². The predicted octanol–water partition coefficient (Wildman–Crippen LogP) is 4.59. The fourth-order valence-electron chi connectivity index (χ4n) is 3.40. The Labute approximate surface area is 123 Å². The van der Waals surface area contributed by atoms with Gasteiger partial charge < -0.3 is 5.32 Å². The molecule has 1 N–H and O–H groups in total. The number of aryl methyl sites for hydroxylation is 1. The van der Waals surface area contributed by atoms with Crippen LogP contribution in [-0.2, 0) is 11.2 Å². The van der Waals surface area contributed by atoms with Gasteiger partial charge in [0.2, 0.25) is 5.91 Å². The average Bonchev–Trinajstić information content (AvgIpc) is 2.85. The summed E-state index contributed by atoms with van der Waals surface area (Å²) in [7, 11) is 0. The molecule has 0 radical (unpaired) electrons. The van der Waals surface area contributed by atoms with Crippen molar-refractivity contribution in [1.82, 2.24) is 0 Å². The number of fused-ring (bicyclic) bond motifs is 1. The van der Waals surface area contributed by atoms with Crippen LogP contribution in [0.2, 0.25) is 0 Å². The highest BCUT2D eigenvalue weighted by molar-refractivity contribution is 9.09. The van der Waals surface area contributed by atoms with E-state index in [1.165, 1.54) is 36.8 Å². The van der Waals surface area contributed by atoms with Gasteiger partial charge in [-0.1, -0.05) is 47.8 Å². The number of rotatable bonds is 2. The molecule has 1 unspecified atom stereocenters. The zero-order valence-electron chi connectivity index (χ0n) is 11.3. The van der Waals surface area contributed by atoms with E-state index in [1.807, 2.05) is 0 Å². The van der Waals surface area contributed by atoms with E-state index in [1.54, 1.807) is 0 Å². The third-order valence-electron chi connectivity index (χ3n) is 4.68. The van der Waals surface area contributed by atoms with E-state index in [4.69, 9.17) is 0 Å². The van der Waals surface area contributed by atoms with Crippen LogP contribution in [0.1, 0.15) is 55.0 Å². The molecule has 0 aromatic heterocycles. The van der Waals surface area contributed by atoms with Crippen molar-refractivity contribution in [3.05, 3.63) is 29.3 Å². The molecule has 1 atom stereocenters. The molecule has 1 aromatic rings. The first-order chi connectivity index (χ1) is 9.08. The van der Waals surface area contributed by atoms with Crippen molar-refractivity contribution in [2.24, 2.45) is 5.41 Å². The standard InChI is InChI=1S/C16H20BrNO/c1-16(8-2-3-9-16)15(17)12-4-6-13-11(10-12)5-7-14(19)18-13/h4,6,10,15H,2-3,5,7-9H2,1H3,(H,18,19). The van der Waals surface area contributed by atoms with Crippen molar-refractivity contribution in [3.63, 3.8) is 0 Å². The van der Waals surface area contributed by atoms with Gasteiger partial charge in [0.15, 0.2) is 0 Å². The summed E-state index contributed by atoms with van der Waals surface area (Å²) in [6.07, 6.45) is 6.78. The summed E-state index contributed by atoms with van der Waals surface area (Å²) in [6, 6.07) is 6.50. The summed E-state index contributed by atoms with van der Waals surface area (Å²) in [5.41, 5.74) is 4.02. The van der Waals surface area contributed by atoms with E-state index < -0.39 is 0 Å². The Morgan fingerprint density at radius 1 is 1.26 bits per heavy atom. The maximum atomic E-state index is 11.4. The van der Waals surface area contributed by atoms with Gasteiger partial charge in [0.25, 0.3) is 0 Å². The van der Waals surface area contributed by atoms with E-state index in [9.17, 15) is 4.79 Å². The second kappa shape index (κ2) is 4.93. The van der Waals surface area contributed by atoms with Gasteiger partial charge >= 0.3 is 0 Å². The fraction of sp³-hybridized carbons (Fsp3) is 0.562. The highest BCUT2D eigenvalue weighted by Gasteiger charge is 2.36. The number of carbonyl (C=O) groups is 1. The lowest BCUT2D eigenvalue weighted by molar-refractivity contribution is -0.116. The molecule has 3 rings (SSSR count). The molecule has 2 aliphatic rings. The third kappa shape index (κ3) is 2.45. The summed E-state index contributed by atoms with van der Waals surface area (Å²) in [4.78, 5) is 11.8. The van der Waals surface area contributed by atoms with Crippen LogP contribution < -0.4 is 5.32 Å². The van der Waals surface area contributed by atoms with Gasteiger partial charge in [-0.3, -0.25) is 4.79 Å². The van der Waals surface area contributed by atoms with Crippen molar-refractivity contribution in [2.75, 3.05) is 5.32 Å². The molecule has 1 amide bonds. The lowest BCUT2D eigenvalue weighted by atomic mass is 9.81. The van der Waals surface area contributed by atoms with Gasteiger partial charge in [-0.15, -0.1) is 0 Å². The number of hydrogen-bond acceptors (Lipinski definition) is 1. The Kier molecular flexibility index (Phi) is 3.42. The van der Waals surface area contributed by atoms with Gasteiger partial charge in [-0.25, -0.2) is 0 Å². The molecule has 2 nitrogen and oxygen atoms in total. The van der Waals surface area contributed by atoms with Crippen LogP contribution in [0.5, 0.6) is 0 Å². The number of nitrogens with one attached hydrogen (secondary N) is 1. The maximum absolute atomic E-state index is 11.4. The van der Waals surface area contributed by atoms with Crippen molar-refractivity contribution < 1.29 is 4.79 Å². The molecule has 0 saturated heterocycles. The number of hydrogen-bond donors (Lipinski definition) is 1. The summed E-state index contributed by atoms with van der Waals surface area (Å²) >= 11 is 3.92. The second-order valence-corrected chi connectivity index (χ2v) is 7.10. The van der Waals surface area contributed by atoms with Gasteiger partial charge in [-0.2, -0.15) is 0 Å². The zero-order chi connectivity index (χ0) is 13.5. The Bertz CT molecular complexity index is 505. The number of alkyl halides is 1. The van der Waals surface area contributed by atoms with Crippen molar-refractivity contribution in [3.8, 4) is 0 Å². The lowest BCUT2D eigenvalue weighted by Gasteiger charge is -2.31. The summed E-state index contributed by atoms with van der Waals surface area (Å²) in [6.45, 7) is 2.39. The normalized spacial score (nSPS) is 22.7. The molecule has 1 saturated carbocycles. The van der Waals surface area contributed by atoms with E-state index in [2.05, 4.69) is 46.4 Å². The largest absolute Gasteiger partial charge is 0.326 e. The second-order valence-electron chi connectivity index (χ2n) is 6.19. The van der Waals surface area contributed by atoms with Gasteiger partial charge in [0.05, 0.1) is 0 Å². The van der Waals surface area contributed by atoms with E-state index in [0.717, 1.165) is 12.1 Å². The van der Waals surface area contributed by atoms with Gasteiger partial charge in [-0.05, 0) is 41.9 Å². The van der Waals surface area contributed by atoms with Crippen LogP contribution in [0.25, 0.3) is 0 Å². The first-order valence-corrected chi connectivity index (χ1v) is 8.07. The minimum absolute atomic E-state index is 0.137. The van der Waals surface area contributed by atoms with Gasteiger partial charge in [0.1, 0.15) is 0 Å². The van der Waals surface area contributed by atoms with Crippen LogP contribution in [-0.4, -0.2) is 5.91 Å². The van der Waals surface area contributed by atoms with E-state index in [-0.39, 0.29) is 5.91 Å². The minimum atomic E-state index is 0.137. The SMILES string of the molecule is CC1(C(Br)c2ccc3c(c2)CCC(=O)N3)CCCC1. The maximum Gasteiger partial charge on any atom is 0.224 e. The molecule has 1 aromatic carbocycles. The molecule has 19 heavy (non-hydrogen) atoms. The van der Waals surface area contributed by atoms with Crippen molar-refractivity contribution in [1.29, 1.82) is 0 Å². The zero-order valence-corrected chi connectivity index (χ0v) is 12.9. The third-order valence-corrected chi connectivity index (χ3v) is 6.31. The van der Waals surface area contributed by atoms with Crippen LogP contribution in [0, 0.1) is 5.41 Å². The molecule has 1 fully saturated rings. The fourth-order valence-corrected chi connectivity index (χ4v) is 4.14. The molecule has 1 aliphatic carbocycles. The molecule has 3 heteroatoms. The Balaban J connectivity index is 1.88. The number of benzene rings is 1. The average molecular weight is 322 g/mol. The Morgan fingerprint density at radius 2 is 2.00 bits per heavy atom. The molecule has 1 aliphatic heterocycles. The Morgan fingerprint density at radius 3 is 2.74 bits per heavy atom. The van der Waals surface area contributed by atoms with E-state index >= 15 is 0 Å². The quantitative estimate of drug-likeness (QED) is 0.793. The first kappa shape index (κ1) is 13.2. The summed E-state index contributed by atoms with van der Waals surface area (Å²) in [5.74, 6) is 0.137. The van der Waals surface area contributed by atoms with Crippen molar-refractivity contribution in [2.45, 2.75) is 50.3 Å². The van der Waals surface area contributed by atoms with Gasteiger partial charge in [0, 0.05) is 16.9 Å². The number of amides is 1. The van der Waals surface area contributed by atoms with E-state index in [0.29, 0.717) is 16.7 Å². The lowest BCUT2D eigenvalue weighted by Crippen LogP contribution is -2.21. The topological polar surface area (TPSA) is 29.1 Å². The van der Waals surface area contributed by atoms with Crippen LogP contribution in [0.3, 0.4) is 0 Å². The molecule has 0 bridgehead atoms. The highest BCUT2D eigenvalue weighted by Crippen LogP contribution is 2.51. The van der Waals surface area contributed by atoms with Crippen molar-refractivity contribution >= 4 is 27.5 Å². The molecular formula is C16H20BrNO.